The molecule has 1 heterocycles. The molecular weight excluding hydrogens is 454 g/mol. The van der Waals surface area contributed by atoms with E-state index in [1.54, 1.807) is 6.92 Å². The largest absolute Gasteiger partial charge is 0.495 e. The molecule has 10 nitrogen and oxygen atoms in total. The van der Waals surface area contributed by atoms with Crippen molar-refractivity contribution in [1.82, 2.24) is 10.2 Å². The van der Waals surface area contributed by atoms with Gasteiger partial charge in [0.2, 0.25) is 11.0 Å². The number of hydrogen-bond donors (Lipinski definition) is 2. The van der Waals surface area contributed by atoms with Gasteiger partial charge in [-0.15, -0.1) is 10.2 Å². The predicted octanol–water partition coefficient (Wildman–Crippen LogP) is 4.72. The molecule has 2 aromatic carbocycles. The van der Waals surface area contributed by atoms with Gasteiger partial charge in [0.1, 0.15) is 11.5 Å². The molecule has 0 aliphatic carbocycles. The summed E-state index contributed by atoms with van der Waals surface area (Å²) in [5.41, 5.74) is 0.852. The van der Waals surface area contributed by atoms with Gasteiger partial charge in [0.15, 0.2) is 4.34 Å². The van der Waals surface area contributed by atoms with Gasteiger partial charge in [-0.2, -0.15) is 0 Å². The molecule has 1 atom stereocenters. The minimum Gasteiger partial charge on any atom is -0.495 e. The maximum atomic E-state index is 12.6. The molecule has 0 saturated heterocycles. The van der Waals surface area contributed by atoms with E-state index in [9.17, 15) is 14.9 Å². The molecule has 0 radical (unpaired) electrons. The van der Waals surface area contributed by atoms with Crippen LogP contribution in [0.3, 0.4) is 0 Å². The van der Waals surface area contributed by atoms with Crippen LogP contribution >= 0.6 is 23.1 Å². The highest BCUT2D eigenvalue weighted by molar-refractivity contribution is 8.02. The molecule has 3 aromatic rings. The first kappa shape index (κ1) is 23.3. The first-order valence-electron chi connectivity index (χ1n) is 9.53. The zero-order valence-electron chi connectivity index (χ0n) is 17.5. The summed E-state index contributed by atoms with van der Waals surface area (Å²) in [6.07, 6.45) is 0. The van der Waals surface area contributed by atoms with Gasteiger partial charge in [-0.3, -0.25) is 14.9 Å². The fraction of sp³-hybridized carbons (Fsp3) is 0.250. The van der Waals surface area contributed by atoms with E-state index in [-0.39, 0.29) is 17.3 Å². The van der Waals surface area contributed by atoms with Gasteiger partial charge >= 0.3 is 0 Å². The van der Waals surface area contributed by atoms with E-state index < -0.39 is 10.2 Å². The number of carbonyl (C=O) groups excluding carboxylic acids is 1. The number of anilines is 3. The van der Waals surface area contributed by atoms with Crippen molar-refractivity contribution in [3.63, 3.8) is 0 Å². The Balaban J connectivity index is 1.65. The summed E-state index contributed by atoms with van der Waals surface area (Å²) >= 11 is 2.53. The normalized spacial score (nSPS) is 11.5. The number of nitrogens with one attached hydrogen (secondary N) is 2. The molecule has 0 aliphatic rings. The molecule has 168 valence electrons. The van der Waals surface area contributed by atoms with Gasteiger partial charge in [-0.05, 0) is 32.0 Å². The Bertz CT molecular complexity index is 1110. The van der Waals surface area contributed by atoms with Gasteiger partial charge < -0.3 is 20.1 Å². The third-order valence-electron chi connectivity index (χ3n) is 4.13. The number of nitro benzene ring substituents is 1. The first-order chi connectivity index (χ1) is 15.4. The lowest BCUT2D eigenvalue weighted by atomic mass is 10.2. The number of benzene rings is 2. The monoisotopic (exact) mass is 475 g/mol. The summed E-state index contributed by atoms with van der Waals surface area (Å²) in [7, 11) is 1.43. The van der Waals surface area contributed by atoms with E-state index in [0.717, 1.165) is 5.69 Å². The van der Waals surface area contributed by atoms with E-state index in [0.29, 0.717) is 27.6 Å². The van der Waals surface area contributed by atoms with Gasteiger partial charge in [-0.1, -0.05) is 35.2 Å². The Morgan fingerprint density at radius 3 is 2.72 bits per heavy atom. The summed E-state index contributed by atoms with van der Waals surface area (Å²) in [5, 5.41) is 25.2. The summed E-state index contributed by atoms with van der Waals surface area (Å²) < 4.78 is 11.4. The van der Waals surface area contributed by atoms with Gasteiger partial charge in [-0.25, -0.2) is 0 Å². The molecule has 0 saturated carbocycles. The van der Waals surface area contributed by atoms with E-state index in [1.807, 2.05) is 31.2 Å². The zero-order chi connectivity index (χ0) is 23.1. The van der Waals surface area contributed by atoms with Crippen LogP contribution in [-0.2, 0) is 4.79 Å². The highest BCUT2D eigenvalue weighted by atomic mass is 32.2. The van der Waals surface area contributed by atoms with Crippen molar-refractivity contribution in [2.45, 2.75) is 23.4 Å². The number of nitrogens with zero attached hydrogens (tertiary/aromatic N) is 3. The Hall–Kier alpha value is -3.38. The highest BCUT2D eigenvalue weighted by Crippen LogP contribution is 2.34. The molecule has 32 heavy (non-hydrogen) atoms. The minimum atomic E-state index is -0.535. The van der Waals surface area contributed by atoms with Crippen molar-refractivity contribution >= 4 is 51.2 Å². The molecule has 2 N–H and O–H groups in total. The lowest BCUT2D eigenvalue weighted by Gasteiger charge is -2.13. The molecule has 1 amide bonds. The summed E-state index contributed by atoms with van der Waals surface area (Å²) in [6.45, 7) is 4.16. The number of amides is 1. The van der Waals surface area contributed by atoms with Crippen molar-refractivity contribution in [2.24, 2.45) is 0 Å². The van der Waals surface area contributed by atoms with Crippen LogP contribution in [0.15, 0.2) is 46.8 Å². The molecule has 3 rings (SSSR count). The quantitative estimate of drug-likeness (QED) is 0.243. The van der Waals surface area contributed by atoms with Crippen LogP contribution in [0, 0.1) is 10.1 Å². The molecule has 1 unspecified atom stereocenters. The topological polar surface area (TPSA) is 129 Å². The molecule has 0 spiro atoms. The molecule has 12 heteroatoms. The minimum absolute atomic E-state index is 0.145. The average molecular weight is 476 g/mol. The van der Waals surface area contributed by atoms with Crippen LogP contribution in [0.1, 0.15) is 13.8 Å². The van der Waals surface area contributed by atoms with Gasteiger partial charge in [0.05, 0.1) is 35.3 Å². The standard InChI is InChI=1S/C20H21N5O5S2/c1-4-30-17-8-6-5-7-14(17)22-19-23-24-20(32-19)31-12(2)18(26)21-15-11-13(25(27)28)9-10-16(15)29-3/h5-12H,4H2,1-3H3,(H,21,26)(H,22,23). The molecular formula is C20H21N5O5S2. The molecule has 1 aromatic heterocycles. The third-order valence-corrected chi connectivity index (χ3v) is 6.16. The van der Waals surface area contributed by atoms with E-state index in [4.69, 9.17) is 9.47 Å². The maximum absolute atomic E-state index is 12.6. The number of rotatable bonds is 10. The van der Waals surface area contributed by atoms with Crippen LogP contribution in [-0.4, -0.2) is 40.0 Å². The van der Waals surface area contributed by atoms with E-state index in [2.05, 4.69) is 20.8 Å². The van der Waals surface area contributed by atoms with Crippen LogP contribution in [0.2, 0.25) is 0 Å². The summed E-state index contributed by atoms with van der Waals surface area (Å²) in [5.74, 6) is 0.690. The fourth-order valence-electron chi connectivity index (χ4n) is 2.62. The second-order valence-electron chi connectivity index (χ2n) is 6.32. The number of methoxy groups -OCH3 is 1. The molecule has 0 aliphatic heterocycles. The van der Waals surface area contributed by atoms with Crippen molar-refractivity contribution in [3.05, 3.63) is 52.6 Å². The van der Waals surface area contributed by atoms with E-state index >= 15 is 0 Å². The average Bonchev–Trinajstić information content (AvgIpc) is 3.21. The van der Waals surface area contributed by atoms with Crippen molar-refractivity contribution in [3.8, 4) is 11.5 Å². The smallest absolute Gasteiger partial charge is 0.271 e. The van der Waals surface area contributed by atoms with Crippen LogP contribution < -0.4 is 20.1 Å². The number of aromatic nitrogens is 2. The Labute approximate surface area is 192 Å². The third kappa shape index (κ3) is 5.86. The number of nitro groups is 1. The molecule has 0 bridgehead atoms. The van der Waals surface area contributed by atoms with Crippen molar-refractivity contribution < 1.29 is 19.2 Å². The predicted molar refractivity (Wildman–Crippen MR) is 124 cm³/mol. The second kappa shape index (κ2) is 10.8. The lowest BCUT2D eigenvalue weighted by molar-refractivity contribution is -0.384. The number of hydrogen-bond acceptors (Lipinski definition) is 10. The SMILES string of the molecule is CCOc1ccccc1Nc1nnc(SC(C)C(=O)Nc2cc([N+](=O)[O-])ccc2OC)s1. The number of thioether (sulfide) groups is 1. The molecule has 0 fully saturated rings. The second-order valence-corrected chi connectivity index (χ2v) is 8.88. The Morgan fingerprint density at radius 1 is 1.22 bits per heavy atom. The number of para-hydroxylation sites is 2. The number of ether oxygens (including phenoxy) is 2. The van der Waals surface area contributed by atoms with E-state index in [1.165, 1.54) is 48.4 Å². The summed E-state index contributed by atoms with van der Waals surface area (Å²) in [4.78, 5) is 23.1. The van der Waals surface area contributed by atoms with Crippen LogP contribution in [0.4, 0.5) is 22.2 Å². The Morgan fingerprint density at radius 2 is 2.00 bits per heavy atom. The number of carbonyl (C=O) groups is 1. The maximum Gasteiger partial charge on any atom is 0.271 e. The van der Waals surface area contributed by atoms with Gasteiger partial charge in [0.25, 0.3) is 5.69 Å². The zero-order valence-corrected chi connectivity index (χ0v) is 19.2. The lowest BCUT2D eigenvalue weighted by Crippen LogP contribution is -2.22. The highest BCUT2D eigenvalue weighted by Gasteiger charge is 2.20. The van der Waals surface area contributed by atoms with Crippen LogP contribution in [0.5, 0.6) is 11.5 Å². The summed E-state index contributed by atoms with van der Waals surface area (Å²) in [6, 6.07) is 11.5. The van der Waals surface area contributed by atoms with Crippen molar-refractivity contribution in [1.29, 1.82) is 0 Å². The fourth-order valence-corrected chi connectivity index (χ4v) is 4.53. The van der Waals surface area contributed by atoms with Crippen LogP contribution in [0.25, 0.3) is 0 Å². The van der Waals surface area contributed by atoms with Gasteiger partial charge in [0, 0.05) is 12.1 Å². The number of non-ortho nitro benzene ring substituents is 1. The first-order valence-corrected chi connectivity index (χ1v) is 11.2. The van der Waals surface area contributed by atoms with Crippen molar-refractivity contribution in [2.75, 3.05) is 24.4 Å². The Kier molecular flexibility index (Phi) is 7.84.